The molecule has 5 rings (SSSR count). The zero-order valence-corrected chi connectivity index (χ0v) is 17.9. The van der Waals surface area contributed by atoms with Gasteiger partial charge in [0.05, 0.1) is 13.7 Å². The second-order valence-corrected chi connectivity index (χ2v) is 8.53. The lowest BCUT2D eigenvalue weighted by Crippen LogP contribution is -2.53. The van der Waals surface area contributed by atoms with Gasteiger partial charge in [0.15, 0.2) is 5.75 Å². The zero-order valence-electron chi connectivity index (χ0n) is 17.9. The predicted molar refractivity (Wildman–Crippen MR) is 109 cm³/mol. The highest BCUT2D eigenvalue weighted by atomic mass is 19.3. The number of amides is 1. The van der Waals surface area contributed by atoms with Gasteiger partial charge in [-0.25, -0.2) is 18.2 Å². The molecule has 0 unspecified atom stereocenters. The van der Waals surface area contributed by atoms with Crippen LogP contribution in [0, 0.1) is 5.82 Å². The van der Waals surface area contributed by atoms with Crippen molar-refractivity contribution in [2.75, 3.05) is 27.0 Å². The number of carbonyl (C=O) groups excluding carboxylic acids is 1. The Balaban J connectivity index is 1.30. The second-order valence-electron chi connectivity index (χ2n) is 8.53. The highest BCUT2D eigenvalue weighted by molar-refractivity contribution is 5.92. The Hall–Kier alpha value is -2.85. The Bertz CT molecular complexity index is 1060. The monoisotopic (exact) mass is 464 g/mol. The van der Waals surface area contributed by atoms with E-state index in [9.17, 15) is 18.0 Å². The molecule has 2 aromatic rings. The third kappa shape index (κ3) is 4.02. The van der Waals surface area contributed by atoms with Crippen LogP contribution < -0.4 is 9.47 Å². The lowest BCUT2D eigenvalue weighted by atomic mass is 9.82. The molecular weight excluding hydrogens is 441 g/mol. The van der Waals surface area contributed by atoms with Gasteiger partial charge in [0.1, 0.15) is 36.1 Å². The minimum Gasteiger partial charge on any atom is -0.484 e. The third-order valence-electron chi connectivity index (χ3n) is 6.43. The molecule has 1 aromatic carbocycles. The van der Waals surface area contributed by atoms with Crippen LogP contribution in [-0.2, 0) is 15.1 Å². The number of halogens is 3. The number of piperidine rings is 1. The second kappa shape index (κ2) is 8.18. The molecule has 3 heterocycles. The largest absolute Gasteiger partial charge is 0.484 e. The number of carbonyl (C=O) groups is 1. The predicted octanol–water partition coefficient (Wildman–Crippen LogP) is 3.52. The Labute approximate surface area is 188 Å². The van der Waals surface area contributed by atoms with Crippen molar-refractivity contribution in [3.63, 3.8) is 0 Å². The van der Waals surface area contributed by atoms with Crippen molar-refractivity contribution in [2.24, 2.45) is 0 Å². The number of hydrogen-bond donors (Lipinski definition) is 0. The van der Waals surface area contributed by atoms with Gasteiger partial charge < -0.3 is 23.8 Å². The summed E-state index contributed by atoms with van der Waals surface area (Å²) in [5, 5.41) is 0. The van der Waals surface area contributed by atoms with E-state index in [1.54, 1.807) is 17.0 Å². The van der Waals surface area contributed by atoms with Gasteiger partial charge in [-0.3, -0.25) is 4.79 Å². The van der Waals surface area contributed by atoms with E-state index in [4.69, 9.17) is 18.9 Å². The summed E-state index contributed by atoms with van der Waals surface area (Å²) in [6, 6.07) is 9.21. The fraction of sp³-hybridized carbons (Fsp3) is 0.478. The molecule has 2 atom stereocenters. The molecule has 10 heteroatoms. The first-order valence-electron chi connectivity index (χ1n) is 10.7. The van der Waals surface area contributed by atoms with Gasteiger partial charge in [0.2, 0.25) is 0 Å². The van der Waals surface area contributed by atoms with E-state index in [1.165, 1.54) is 31.4 Å². The number of aromatic nitrogens is 1. The molecule has 3 aliphatic rings. The van der Waals surface area contributed by atoms with Crippen LogP contribution in [0.3, 0.4) is 0 Å². The lowest BCUT2D eigenvalue weighted by Gasteiger charge is -2.41. The molecule has 1 aliphatic carbocycles. The van der Waals surface area contributed by atoms with Crippen molar-refractivity contribution < 1.29 is 36.9 Å². The first kappa shape index (κ1) is 22.0. The molecule has 176 valence electrons. The number of ether oxygens (including phenoxy) is 4. The number of benzene rings is 1. The summed E-state index contributed by atoms with van der Waals surface area (Å²) in [6.45, 7) is 0.658. The maximum absolute atomic E-state index is 13.8. The lowest BCUT2D eigenvalue weighted by molar-refractivity contribution is -0.134. The van der Waals surface area contributed by atoms with Gasteiger partial charge in [-0.1, -0.05) is 12.1 Å². The number of hydrogen-bond acceptors (Lipinski definition) is 6. The standard InChI is InChI=1S/C23H23F3N2O5/c1-30-20-18(33-16-10-22(25,26)11-16)6-5-17(27-20)21(29)28-8-7-23(19(12-28)31-13-32-23)14-3-2-4-15(24)9-14/h2-6,9,16,19H,7-8,10-13H2,1H3/t19-,23-/m1/s1. The molecule has 0 bridgehead atoms. The number of likely N-dealkylation sites (tertiary alicyclic amines) is 1. The fourth-order valence-electron chi connectivity index (χ4n) is 4.64. The van der Waals surface area contributed by atoms with Gasteiger partial charge in [0, 0.05) is 25.8 Å². The van der Waals surface area contributed by atoms with Gasteiger partial charge >= 0.3 is 0 Å². The van der Waals surface area contributed by atoms with Crippen LogP contribution in [-0.4, -0.2) is 60.9 Å². The molecule has 33 heavy (non-hydrogen) atoms. The Kier molecular flexibility index (Phi) is 5.44. The van der Waals surface area contributed by atoms with Crippen molar-refractivity contribution in [1.29, 1.82) is 0 Å². The minimum absolute atomic E-state index is 0.0571. The van der Waals surface area contributed by atoms with E-state index in [-0.39, 0.29) is 55.2 Å². The summed E-state index contributed by atoms with van der Waals surface area (Å²) >= 11 is 0. The molecule has 2 saturated heterocycles. The molecule has 0 spiro atoms. The summed E-state index contributed by atoms with van der Waals surface area (Å²) < 4.78 is 62.4. The Morgan fingerprint density at radius 1 is 1.24 bits per heavy atom. The molecule has 7 nitrogen and oxygen atoms in total. The zero-order chi connectivity index (χ0) is 23.2. The minimum atomic E-state index is -2.71. The highest BCUT2D eigenvalue weighted by Crippen LogP contribution is 2.43. The van der Waals surface area contributed by atoms with E-state index < -0.39 is 23.7 Å². The average molecular weight is 464 g/mol. The van der Waals surface area contributed by atoms with Crippen LogP contribution in [0.25, 0.3) is 0 Å². The van der Waals surface area contributed by atoms with Crippen molar-refractivity contribution >= 4 is 5.91 Å². The summed E-state index contributed by atoms with van der Waals surface area (Å²) in [5.74, 6) is -3.13. The van der Waals surface area contributed by atoms with Gasteiger partial charge in [-0.15, -0.1) is 0 Å². The quantitative estimate of drug-likeness (QED) is 0.675. The summed E-state index contributed by atoms with van der Waals surface area (Å²) in [7, 11) is 1.37. The van der Waals surface area contributed by atoms with E-state index in [0.29, 0.717) is 18.5 Å². The van der Waals surface area contributed by atoms with Gasteiger partial charge in [-0.2, -0.15) is 0 Å². The summed E-state index contributed by atoms with van der Waals surface area (Å²) in [5.41, 5.74) is 0.00211. The molecule has 3 fully saturated rings. The molecule has 0 radical (unpaired) electrons. The van der Waals surface area contributed by atoms with E-state index >= 15 is 0 Å². The van der Waals surface area contributed by atoms with Crippen molar-refractivity contribution in [1.82, 2.24) is 9.88 Å². The number of methoxy groups -OCH3 is 1. The molecule has 1 aromatic heterocycles. The maximum atomic E-state index is 13.8. The van der Waals surface area contributed by atoms with E-state index in [1.807, 2.05) is 0 Å². The van der Waals surface area contributed by atoms with Crippen molar-refractivity contribution in [3.05, 3.63) is 53.5 Å². The molecule has 1 amide bonds. The van der Waals surface area contributed by atoms with Crippen LogP contribution >= 0.6 is 0 Å². The van der Waals surface area contributed by atoms with E-state index in [0.717, 1.165) is 0 Å². The van der Waals surface area contributed by atoms with Crippen LogP contribution in [0.4, 0.5) is 13.2 Å². The topological polar surface area (TPSA) is 70.1 Å². The Morgan fingerprint density at radius 3 is 2.79 bits per heavy atom. The summed E-state index contributed by atoms with van der Waals surface area (Å²) in [4.78, 5) is 19.0. The Morgan fingerprint density at radius 2 is 2.06 bits per heavy atom. The number of pyridine rings is 1. The molecule has 2 aliphatic heterocycles. The maximum Gasteiger partial charge on any atom is 0.272 e. The first-order chi connectivity index (χ1) is 15.8. The van der Waals surface area contributed by atoms with Crippen LogP contribution in [0.5, 0.6) is 11.6 Å². The van der Waals surface area contributed by atoms with Crippen molar-refractivity contribution in [3.8, 4) is 11.6 Å². The first-order valence-corrected chi connectivity index (χ1v) is 10.7. The highest BCUT2D eigenvalue weighted by Gasteiger charge is 2.51. The number of rotatable bonds is 5. The van der Waals surface area contributed by atoms with Crippen LogP contribution in [0.1, 0.15) is 35.3 Å². The normalized spacial score (nSPS) is 26.4. The number of nitrogens with zero attached hydrogens (tertiary/aromatic N) is 2. The van der Waals surface area contributed by atoms with Gasteiger partial charge in [-0.05, 0) is 29.8 Å². The average Bonchev–Trinajstić information content (AvgIpc) is 3.22. The molecular formula is C23H23F3N2O5. The smallest absolute Gasteiger partial charge is 0.272 e. The SMILES string of the molecule is COc1nc(C(=O)N2CC[C@]3(c4cccc(F)c4)OCO[C@@H]3C2)ccc1OC1CC(F)(F)C1. The molecule has 0 N–H and O–H groups in total. The van der Waals surface area contributed by atoms with Gasteiger partial charge in [0.25, 0.3) is 17.7 Å². The third-order valence-corrected chi connectivity index (χ3v) is 6.43. The number of fused-ring (bicyclic) bond motifs is 1. The van der Waals surface area contributed by atoms with Crippen LogP contribution in [0.15, 0.2) is 36.4 Å². The fourth-order valence-corrected chi connectivity index (χ4v) is 4.64. The van der Waals surface area contributed by atoms with Crippen LogP contribution in [0.2, 0.25) is 0 Å². The molecule has 1 saturated carbocycles. The van der Waals surface area contributed by atoms with Crippen molar-refractivity contribution in [2.45, 2.75) is 43.0 Å². The summed E-state index contributed by atoms with van der Waals surface area (Å²) in [6.07, 6.45) is -1.36. The van der Waals surface area contributed by atoms with E-state index in [2.05, 4.69) is 4.98 Å². The number of alkyl halides is 2.